The number of benzene rings is 1. The summed E-state index contributed by atoms with van der Waals surface area (Å²) >= 11 is 0. The van der Waals surface area contributed by atoms with Gasteiger partial charge in [-0.2, -0.15) is 5.10 Å². The lowest BCUT2D eigenvalue weighted by atomic mass is 9.98. The van der Waals surface area contributed by atoms with E-state index < -0.39 is 0 Å². The number of hydrogen-bond donors (Lipinski definition) is 1. The predicted octanol–water partition coefficient (Wildman–Crippen LogP) is 3.51. The molecule has 8 nitrogen and oxygen atoms in total. The number of hydrogen-bond acceptors (Lipinski definition) is 7. The van der Waals surface area contributed by atoms with Crippen LogP contribution in [0.5, 0.6) is 0 Å². The second kappa shape index (κ2) is 7.66. The van der Waals surface area contributed by atoms with Crippen molar-refractivity contribution in [1.82, 2.24) is 24.6 Å². The fraction of sp³-hybridized carbons (Fsp3) is 0.440. The van der Waals surface area contributed by atoms with Crippen LogP contribution in [0.25, 0.3) is 16.6 Å². The third-order valence-electron chi connectivity index (χ3n) is 6.93. The number of fused-ring (bicyclic) bond motifs is 2. The maximum atomic E-state index is 9.71. The Kier molecular flexibility index (Phi) is 4.72. The summed E-state index contributed by atoms with van der Waals surface area (Å²) in [7, 11) is 0. The van der Waals surface area contributed by atoms with Crippen molar-refractivity contribution < 1.29 is 5.11 Å². The normalized spacial score (nSPS) is 19.5. The van der Waals surface area contributed by atoms with Crippen LogP contribution in [0.4, 0.5) is 11.6 Å². The Morgan fingerprint density at radius 3 is 2.64 bits per heavy atom. The van der Waals surface area contributed by atoms with Gasteiger partial charge in [0.1, 0.15) is 17.5 Å². The Labute approximate surface area is 192 Å². The Morgan fingerprint density at radius 2 is 1.82 bits per heavy atom. The minimum atomic E-state index is -0.256. The third-order valence-corrected chi connectivity index (χ3v) is 6.93. The van der Waals surface area contributed by atoms with Gasteiger partial charge in [0, 0.05) is 42.8 Å². The Bertz CT molecular complexity index is 1360. The molecule has 0 spiro atoms. The molecular formula is C25H29N7O. The van der Waals surface area contributed by atoms with E-state index in [0.29, 0.717) is 13.1 Å². The van der Waals surface area contributed by atoms with Gasteiger partial charge in [0.2, 0.25) is 0 Å². The lowest BCUT2D eigenvalue weighted by Gasteiger charge is -2.37. The van der Waals surface area contributed by atoms with Gasteiger partial charge >= 0.3 is 0 Å². The van der Waals surface area contributed by atoms with Gasteiger partial charge in [-0.05, 0) is 51.7 Å². The van der Waals surface area contributed by atoms with E-state index in [1.807, 2.05) is 17.6 Å². The van der Waals surface area contributed by atoms with Crippen molar-refractivity contribution in [3.63, 3.8) is 0 Å². The number of aryl methyl sites for hydroxylation is 3. The van der Waals surface area contributed by atoms with Crippen LogP contribution in [0, 0.1) is 20.8 Å². The average Bonchev–Trinajstić information content (AvgIpc) is 3.18. The van der Waals surface area contributed by atoms with Crippen LogP contribution >= 0.6 is 0 Å². The molecule has 8 heteroatoms. The molecule has 170 valence electrons. The highest BCUT2D eigenvalue weighted by Gasteiger charge is 2.31. The first-order valence-corrected chi connectivity index (χ1v) is 11.8. The molecule has 0 radical (unpaired) electrons. The number of aromatic nitrogens is 5. The SMILES string of the molecule is Cc1nc(N2CCCC[C@@H]2c2cc3nc(N4CC(O)C4)c(C)cn3n2)c2c(C)cccc2n1. The van der Waals surface area contributed by atoms with Gasteiger partial charge in [0.25, 0.3) is 0 Å². The molecule has 2 saturated heterocycles. The quantitative estimate of drug-likeness (QED) is 0.519. The predicted molar refractivity (Wildman–Crippen MR) is 129 cm³/mol. The van der Waals surface area contributed by atoms with E-state index in [-0.39, 0.29) is 12.1 Å². The zero-order valence-corrected chi connectivity index (χ0v) is 19.4. The number of aliphatic hydroxyl groups excluding tert-OH is 1. The lowest BCUT2D eigenvalue weighted by Crippen LogP contribution is -2.51. The lowest BCUT2D eigenvalue weighted by molar-refractivity contribution is 0.141. The third kappa shape index (κ3) is 3.40. The van der Waals surface area contributed by atoms with Crippen molar-refractivity contribution in [2.24, 2.45) is 0 Å². The molecule has 33 heavy (non-hydrogen) atoms. The van der Waals surface area contributed by atoms with Crippen LogP contribution < -0.4 is 9.80 Å². The van der Waals surface area contributed by atoms with Crippen LogP contribution in [-0.4, -0.2) is 55.4 Å². The van der Waals surface area contributed by atoms with E-state index in [4.69, 9.17) is 15.1 Å². The maximum absolute atomic E-state index is 9.71. The van der Waals surface area contributed by atoms with E-state index in [1.165, 1.54) is 12.0 Å². The highest BCUT2D eigenvalue weighted by Crippen LogP contribution is 2.38. The summed E-state index contributed by atoms with van der Waals surface area (Å²) in [6.07, 6.45) is 5.13. The van der Waals surface area contributed by atoms with E-state index in [2.05, 4.69) is 52.9 Å². The minimum Gasteiger partial charge on any atom is -0.389 e. The summed E-state index contributed by atoms with van der Waals surface area (Å²) in [5, 5.41) is 15.8. The number of β-amino-alcohol motifs (C(OH)–C–C–N with tert-alkyl or cyclic N) is 1. The van der Waals surface area contributed by atoms with Crippen LogP contribution in [0.2, 0.25) is 0 Å². The molecule has 0 aliphatic carbocycles. The summed E-state index contributed by atoms with van der Waals surface area (Å²) in [4.78, 5) is 19.1. The molecule has 4 aromatic rings. The number of rotatable bonds is 3. The molecule has 0 bridgehead atoms. The molecule has 2 fully saturated rings. The number of anilines is 2. The summed E-state index contributed by atoms with van der Waals surface area (Å²) in [6.45, 7) is 8.38. The summed E-state index contributed by atoms with van der Waals surface area (Å²) in [5.74, 6) is 2.74. The Hall–Kier alpha value is -3.26. The second-order valence-corrected chi connectivity index (χ2v) is 9.45. The highest BCUT2D eigenvalue weighted by atomic mass is 16.3. The van der Waals surface area contributed by atoms with E-state index in [1.54, 1.807) is 0 Å². The molecule has 3 aromatic heterocycles. The molecule has 2 aliphatic heterocycles. The van der Waals surface area contributed by atoms with E-state index in [0.717, 1.165) is 64.7 Å². The smallest absolute Gasteiger partial charge is 0.157 e. The van der Waals surface area contributed by atoms with E-state index >= 15 is 0 Å². The van der Waals surface area contributed by atoms with Crippen molar-refractivity contribution >= 4 is 28.2 Å². The van der Waals surface area contributed by atoms with Gasteiger partial charge in [0.05, 0.1) is 23.4 Å². The number of aliphatic hydroxyl groups is 1. The van der Waals surface area contributed by atoms with Crippen LogP contribution in [-0.2, 0) is 0 Å². The molecular weight excluding hydrogens is 414 g/mol. The van der Waals surface area contributed by atoms with Gasteiger partial charge in [0.15, 0.2) is 5.65 Å². The largest absolute Gasteiger partial charge is 0.389 e. The minimum absolute atomic E-state index is 0.146. The zero-order valence-electron chi connectivity index (χ0n) is 19.4. The number of nitrogens with zero attached hydrogens (tertiary/aromatic N) is 7. The maximum Gasteiger partial charge on any atom is 0.157 e. The van der Waals surface area contributed by atoms with Gasteiger partial charge in [-0.25, -0.2) is 19.5 Å². The van der Waals surface area contributed by atoms with Crippen molar-refractivity contribution in [2.75, 3.05) is 29.4 Å². The van der Waals surface area contributed by atoms with Crippen LogP contribution in [0.3, 0.4) is 0 Å². The molecule has 1 N–H and O–H groups in total. The van der Waals surface area contributed by atoms with Gasteiger partial charge in [-0.15, -0.1) is 0 Å². The molecule has 0 amide bonds. The first-order chi connectivity index (χ1) is 16.0. The van der Waals surface area contributed by atoms with Crippen LogP contribution in [0.15, 0.2) is 30.5 Å². The summed E-state index contributed by atoms with van der Waals surface area (Å²) in [5.41, 5.74) is 5.13. The Morgan fingerprint density at radius 1 is 0.970 bits per heavy atom. The molecule has 6 rings (SSSR count). The molecule has 2 aliphatic rings. The monoisotopic (exact) mass is 443 g/mol. The average molecular weight is 444 g/mol. The van der Waals surface area contributed by atoms with Gasteiger partial charge in [-0.3, -0.25) is 0 Å². The molecule has 1 aromatic carbocycles. The van der Waals surface area contributed by atoms with Crippen LogP contribution in [0.1, 0.15) is 47.9 Å². The molecule has 1 atom stereocenters. The standard InChI is InChI=1S/C25H29N7O/c1-15-7-6-8-19-23(15)25(27-17(3)26-19)31-10-5-4-9-21(31)20-11-22-28-24(30-13-18(33)14-30)16(2)12-32(22)29-20/h6-8,11-12,18,21,33H,4-5,9-10,13-14H2,1-3H3/t21-/m1/s1. The topological polar surface area (TPSA) is 82.7 Å². The first-order valence-electron chi connectivity index (χ1n) is 11.8. The van der Waals surface area contributed by atoms with Crippen molar-refractivity contribution in [3.05, 3.63) is 53.1 Å². The van der Waals surface area contributed by atoms with Gasteiger partial charge < -0.3 is 14.9 Å². The zero-order chi connectivity index (χ0) is 22.7. The molecule has 5 heterocycles. The summed E-state index contributed by atoms with van der Waals surface area (Å²) in [6, 6.07) is 8.53. The first kappa shape index (κ1) is 20.4. The summed E-state index contributed by atoms with van der Waals surface area (Å²) < 4.78 is 1.89. The van der Waals surface area contributed by atoms with Crippen molar-refractivity contribution in [1.29, 1.82) is 0 Å². The number of piperidine rings is 1. The fourth-order valence-electron chi connectivity index (χ4n) is 5.28. The molecule has 0 saturated carbocycles. The van der Waals surface area contributed by atoms with Crippen molar-refractivity contribution in [2.45, 2.75) is 52.2 Å². The Balaban J connectivity index is 1.43. The van der Waals surface area contributed by atoms with Crippen molar-refractivity contribution in [3.8, 4) is 0 Å². The van der Waals surface area contributed by atoms with Gasteiger partial charge in [-0.1, -0.05) is 12.1 Å². The highest BCUT2D eigenvalue weighted by molar-refractivity contribution is 5.92. The molecule has 0 unspecified atom stereocenters. The fourth-order valence-corrected chi connectivity index (χ4v) is 5.28. The second-order valence-electron chi connectivity index (χ2n) is 9.45. The van der Waals surface area contributed by atoms with E-state index in [9.17, 15) is 5.11 Å².